The number of aromatic nitrogens is 1. The predicted molar refractivity (Wildman–Crippen MR) is 101 cm³/mol. The fraction of sp³-hybridized carbons (Fsp3) is 0.200. The molecular weight excluding hydrogens is 350 g/mol. The van der Waals surface area contributed by atoms with E-state index < -0.39 is 0 Å². The summed E-state index contributed by atoms with van der Waals surface area (Å²) in [6.07, 6.45) is 0. The number of ether oxygens (including phenoxy) is 1. The largest absolute Gasteiger partial charge is 0.508 e. The number of carbonyl (C=O) groups is 1. The van der Waals surface area contributed by atoms with Gasteiger partial charge in [-0.1, -0.05) is 42.4 Å². The molecule has 1 unspecified atom stereocenters. The summed E-state index contributed by atoms with van der Waals surface area (Å²) in [4.78, 5) is 11.5. The smallest absolute Gasteiger partial charge is 0.337 e. The van der Waals surface area contributed by atoms with Gasteiger partial charge >= 0.3 is 5.97 Å². The van der Waals surface area contributed by atoms with Crippen LogP contribution >= 0.6 is 11.8 Å². The lowest BCUT2D eigenvalue weighted by Crippen LogP contribution is -2.00. The molecule has 0 saturated heterocycles. The highest BCUT2D eigenvalue weighted by molar-refractivity contribution is 7.99. The van der Waals surface area contributed by atoms with Crippen molar-refractivity contribution in [1.29, 1.82) is 0 Å². The first-order valence-electron chi connectivity index (χ1n) is 8.19. The molecule has 3 aromatic rings. The average molecular weight is 369 g/mol. The normalized spacial score (nSPS) is 11.9. The molecule has 1 N–H and O–H groups in total. The lowest BCUT2D eigenvalue weighted by molar-refractivity contribution is 0.0601. The third-order valence-corrected chi connectivity index (χ3v) is 5.09. The number of benzene rings is 2. The minimum Gasteiger partial charge on any atom is -0.508 e. The van der Waals surface area contributed by atoms with Crippen LogP contribution in [0.15, 0.2) is 59.1 Å². The second-order valence-electron chi connectivity index (χ2n) is 5.58. The maximum absolute atomic E-state index is 11.5. The van der Waals surface area contributed by atoms with Gasteiger partial charge < -0.3 is 14.4 Å². The minimum absolute atomic E-state index is 0.142. The standard InChI is InChI=1S/C20H19NO4S/c1-3-26-19(15-6-4-5-7-17(15)22)18-12-16(21-25-18)13-8-10-14(11-9-13)20(23)24-2/h4-12,19,22H,3H2,1-2H3. The van der Waals surface area contributed by atoms with E-state index in [1.807, 2.05) is 18.2 Å². The second kappa shape index (κ2) is 8.10. The van der Waals surface area contributed by atoms with Gasteiger partial charge in [0.05, 0.1) is 17.9 Å². The van der Waals surface area contributed by atoms with E-state index in [1.54, 1.807) is 48.2 Å². The predicted octanol–water partition coefficient (Wildman–Crippen LogP) is 4.68. The van der Waals surface area contributed by atoms with Crippen LogP contribution in [0.25, 0.3) is 11.3 Å². The Balaban J connectivity index is 1.90. The van der Waals surface area contributed by atoms with E-state index in [2.05, 4.69) is 12.1 Å². The summed E-state index contributed by atoms with van der Waals surface area (Å²) in [6, 6.07) is 16.1. The topological polar surface area (TPSA) is 72.6 Å². The molecule has 0 amide bonds. The first kappa shape index (κ1) is 18.1. The Morgan fingerprint density at radius 1 is 1.23 bits per heavy atom. The zero-order chi connectivity index (χ0) is 18.5. The van der Waals surface area contributed by atoms with Crippen molar-refractivity contribution in [3.8, 4) is 17.0 Å². The first-order chi connectivity index (χ1) is 12.6. The van der Waals surface area contributed by atoms with E-state index in [-0.39, 0.29) is 17.0 Å². The second-order valence-corrected chi connectivity index (χ2v) is 6.96. The molecule has 0 saturated carbocycles. The quantitative estimate of drug-likeness (QED) is 0.636. The highest BCUT2D eigenvalue weighted by Gasteiger charge is 2.22. The number of phenols is 1. The zero-order valence-corrected chi connectivity index (χ0v) is 15.3. The molecular formula is C20H19NO4S. The van der Waals surface area contributed by atoms with Crippen LogP contribution in [-0.2, 0) is 4.74 Å². The average Bonchev–Trinajstić information content (AvgIpc) is 3.16. The molecule has 0 aliphatic rings. The van der Waals surface area contributed by atoms with Crippen LogP contribution in [0.3, 0.4) is 0 Å². The Morgan fingerprint density at radius 3 is 2.62 bits per heavy atom. The molecule has 0 radical (unpaired) electrons. The molecule has 0 aliphatic heterocycles. The van der Waals surface area contributed by atoms with E-state index in [0.29, 0.717) is 17.0 Å². The Labute approximate surface area is 156 Å². The fourth-order valence-corrected chi connectivity index (χ4v) is 3.63. The number of hydrogen-bond donors (Lipinski definition) is 1. The van der Waals surface area contributed by atoms with Gasteiger partial charge in [-0.05, 0) is 24.0 Å². The summed E-state index contributed by atoms with van der Waals surface area (Å²) in [6.45, 7) is 2.06. The van der Waals surface area contributed by atoms with Crippen molar-refractivity contribution >= 4 is 17.7 Å². The highest BCUT2D eigenvalue weighted by Crippen LogP contribution is 2.40. The summed E-state index contributed by atoms with van der Waals surface area (Å²) in [5.74, 6) is 1.39. The SMILES string of the molecule is CCSC(c1cc(-c2ccc(C(=O)OC)cc2)no1)c1ccccc1O. The summed E-state index contributed by atoms with van der Waals surface area (Å²) in [5.41, 5.74) is 2.79. The van der Waals surface area contributed by atoms with Gasteiger partial charge in [0.2, 0.25) is 0 Å². The number of para-hydroxylation sites is 1. The molecule has 5 nitrogen and oxygen atoms in total. The van der Waals surface area contributed by atoms with Crippen molar-refractivity contribution < 1.29 is 19.2 Å². The van der Waals surface area contributed by atoms with Gasteiger partial charge in [0.15, 0.2) is 5.76 Å². The molecule has 1 aromatic heterocycles. The number of carbonyl (C=O) groups excluding carboxylic acids is 1. The number of hydrogen-bond acceptors (Lipinski definition) is 6. The summed E-state index contributed by atoms with van der Waals surface area (Å²) < 4.78 is 10.3. The Bertz CT molecular complexity index is 889. The summed E-state index contributed by atoms with van der Waals surface area (Å²) in [7, 11) is 1.35. The molecule has 3 rings (SSSR count). The monoisotopic (exact) mass is 369 g/mol. The Morgan fingerprint density at radius 2 is 1.96 bits per heavy atom. The van der Waals surface area contributed by atoms with E-state index >= 15 is 0 Å². The molecule has 0 spiro atoms. The summed E-state index contributed by atoms with van der Waals surface area (Å²) >= 11 is 1.66. The van der Waals surface area contributed by atoms with E-state index in [9.17, 15) is 9.90 Å². The van der Waals surface area contributed by atoms with E-state index in [0.717, 1.165) is 16.9 Å². The van der Waals surface area contributed by atoms with Gasteiger partial charge in [-0.15, -0.1) is 11.8 Å². The van der Waals surface area contributed by atoms with Gasteiger partial charge in [0.1, 0.15) is 11.4 Å². The first-order valence-corrected chi connectivity index (χ1v) is 9.23. The van der Waals surface area contributed by atoms with Gasteiger partial charge in [-0.2, -0.15) is 0 Å². The van der Waals surface area contributed by atoms with Crippen molar-refractivity contribution in [3.05, 3.63) is 71.5 Å². The van der Waals surface area contributed by atoms with Crippen LogP contribution in [0, 0.1) is 0 Å². The van der Waals surface area contributed by atoms with Crippen LogP contribution < -0.4 is 0 Å². The van der Waals surface area contributed by atoms with Gasteiger partial charge in [0, 0.05) is 17.2 Å². The lowest BCUT2D eigenvalue weighted by Gasteiger charge is -2.14. The third kappa shape index (κ3) is 3.75. The molecule has 26 heavy (non-hydrogen) atoms. The van der Waals surface area contributed by atoms with Gasteiger partial charge in [-0.25, -0.2) is 4.79 Å². The minimum atomic E-state index is -0.378. The van der Waals surface area contributed by atoms with Crippen molar-refractivity contribution in [2.24, 2.45) is 0 Å². The molecule has 1 heterocycles. The van der Waals surface area contributed by atoms with E-state index in [1.165, 1.54) is 7.11 Å². The Hall–Kier alpha value is -2.73. The van der Waals surface area contributed by atoms with Crippen LogP contribution in [-0.4, -0.2) is 29.1 Å². The molecule has 0 fully saturated rings. The van der Waals surface area contributed by atoms with Gasteiger partial charge in [-0.3, -0.25) is 0 Å². The maximum Gasteiger partial charge on any atom is 0.337 e. The number of methoxy groups -OCH3 is 1. The zero-order valence-electron chi connectivity index (χ0n) is 14.5. The lowest BCUT2D eigenvalue weighted by atomic mass is 10.1. The summed E-state index contributed by atoms with van der Waals surface area (Å²) in [5, 5.41) is 14.2. The van der Waals surface area contributed by atoms with Crippen molar-refractivity contribution in [2.45, 2.75) is 12.2 Å². The van der Waals surface area contributed by atoms with Gasteiger partial charge in [0.25, 0.3) is 0 Å². The number of rotatable bonds is 6. The van der Waals surface area contributed by atoms with Crippen LogP contribution in [0.1, 0.15) is 33.9 Å². The molecule has 6 heteroatoms. The molecule has 2 aromatic carbocycles. The highest BCUT2D eigenvalue weighted by atomic mass is 32.2. The van der Waals surface area contributed by atoms with Crippen molar-refractivity contribution in [2.75, 3.05) is 12.9 Å². The van der Waals surface area contributed by atoms with Crippen LogP contribution in [0.4, 0.5) is 0 Å². The molecule has 134 valence electrons. The molecule has 0 bridgehead atoms. The third-order valence-electron chi connectivity index (χ3n) is 3.94. The number of phenolic OH excluding ortho intramolecular Hbond substituents is 1. The fourth-order valence-electron chi connectivity index (χ4n) is 2.64. The van der Waals surface area contributed by atoms with Crippen molar-refractivity contribution in [3.63, 3.8) is 0 Å². The van der Waals surface area contributed by atoms with E-state index in [4.69, 9.17) is 9.26 Å². The number of nitrogens with zero attached hydrogens (tertiary/aromatic N) is 1. The van der Waals surface area contributed by atoms with Crippen molar-refractivity contribution in [1.82, 2.24) is 5.16 Å². The number of thioether (sulfide) groups is 1. The maximum atomic E-state index is 11.5. The van der Waals surface area contributed by atoms with Crippen LogP contribution in [0.2, 0.25) is 0 Å². The Kier molecular flexibility index (Phi) is 5.63. The molecule has 0 aliphatic carbocycles. The van der Waals surface area contributed by atoms with Crippen LogP contribution in [0.5, 0.6) is 5.75 Å². The number of aromatic hydroxyl groups is 1. The molecule has 1 atom stereocenters. The number of esters is 1.